The summed E-state index contributed by atoms with van der Waals surface area (Å²) in [7, 11) is 0. The Labute approximate surface area is 170 Å². The lowest BCUT2D eigenvalue weighted by Crippen LogP contribution is -2.40. The lowest BCUT2D eigenvalue weighted by atomic mass is 10.1. The minimum absolute atomic E-state index is 0.0449. The molecular weight excluding hydrogens is 399 g/mol. The third kappa shape index (κ3) is 5.15. The molecule has 0 spiro atoms. The molecule has 1 heterocycles. The highest BCUT2D eigenvalue weighted by Crippen LogP contribution is 2.26. The van der Waals surface area contributed by atoms with Crippen molar-refractivity contribution in [2.24, 2.45) is 5.73 Å². The van der Waals surface area contributed by atoms with Gasteiger partial charge in [0.05, 0.1) is 6.54 Å². The number of aromatic nitrogens is 2. The van der Waals surface area contributed by atoms with Crippen LogP contribution in [-0.2, 0) is 6.54 Å². The van der Waals surface area contributed by atoms with Crippen LogP contribution in [0.25, 0.3) is 11.5 Å². The molecule has 0 aliphatic rings. The number of amides is 2. The van der Waals surface area contributed by atoms with Crippen LogP contribution < -0.4 is 16.0 Å². The van der Waals surface area contributed by atoms with Crippen LogP contribution in [0.5, 0.6) is 0 Å². The van der Waals surface area contributed by atoms with Crippen LogP contribution in [0.15, 0.2) is 52.9 Å². The smallest absolute Gasteiger partial charge is 0.322 e. The molecule has 0 saturated carbocycles. The van der Waals surface area contributed by atoms with Crippen molar-refractivity contribution in [3.63, 3.8) is 0 Å². The van der Waals surface area contributed by atoms with Gasteiger partial charge in [-0.3, -0.25) is 4.90 Å². The molecular formula is C20H20F3N5O2. The van der Waals surface area contributed by atoms with E-state index in [0.29, 0.717) is 25.2 Å². The molecule has 0 aliphatic carbocycles. The Morgan fingerprint density at radius 3 is 2.57 bits per heavy atom. The molecule has 10 heteroatoms. The maximum Gasteiger partial charge on any atom is 0.322 e. The Morgan fingerprint density at radius 2 is 1.93 bits per heavy atom. The van der Waals surface area contributed by atoms with Crippen molar-refractivity contribution >= 4 is 11.7 Å². The minimum atomic E-state index is -2.91. The predicted octanol–water partition coefficient (Wildman–Crippen LogP) is 3.88. The quantitative estimate of drug-likeness (QED) is 0.540. The first-order valence-corrected chi connectivity index (χ1v) is 9.20. The lowest BCUT2D eigenvalue weighted by molar-refractivity contribution is 0.116. The Hall–Kier alpha value is -3.40. The fraction of sp³-hybridized carbons (Fsp3) is 0.250. The van der Waals surface area contributed by atoms with Crippen LogP contribution in [-0.4, -0.2) is 29.3 Å². The monoisotopic (exact) mass is 419 g/mol. The second-order valence-corrected chi connectivity index (χ2v) is 6.35. The molecule has 0 saturated heterocycles. The van der Waals surface area contributed by atoms with Crippen molar-refractivity contribution in [2.75, 3.05) is 18.0 Å². The zero-order chi connectivity index (χ0) is 21.5. The number of carbonyl (C=O) groups is 1. The van der Waals surface area contributed by atoms with Gasteiger partial charge in [-0.05, 0) is 37.2 Å². The summed E-state index contributed by atoms with van der Waals surface area (Å²) in [5.41, 5.74) is 6.43. The van der Waals surface area contributed by atoms with E-state index in [0.717, 1.165) is 6.07 Å². The molecule has 3 rings (SSSR count). The Morgan fingerprint density at radius 1 is 1.17 bits per heavy atom. The number of nitrogens with zero attached hydrogens (tertiary/aromatic N) is 3. The second-order valence-electron chi connectivity index (χ2n) is 6.35. The number of anilines is 1. The summed E-state index contributed by atoms with van der Waals surface area (Å²) < 4.78 is 44.8. The van der Waals surface area contributed by atoms with E-state index in [-0.39, 0.29) is 23.6 Å². The fourth-order valence-corrected chi connectivity index (χ4v) is 2.70. The Balaban J connectivity index is 1.82. The van der Waals surface area contributed by atoms with Crippen LogP contribution in [0, 0.1) is 5.82 Å². The number of carbonyl (C=O) groups excluding carboxylic acids is 1. The lowest BCUT2D eigenvalue weighted by Gasteiger charge is -2.23. The summed E-state index contributed by atoms with van der Waals surface area (Å²) >= 11 is 0. The molecule has 0 aliphatic heterocycles. The molecule has 2 amide bonds. The van der Waals surface area contributed by atoms with E-state index in [4.69, 9.17) is 10.2 Å². The number of hydrogen-bond donors (Lipinski definition) is 2. The van der Waals surface area contributed by atoms with Gasteiger partial charge in [0, 0.05) is 23.4 Å². The molecule has 2 aromatic carbocycles. The summed E-state index contributed by atoms with van der Waals surface area (Å²) in [6.07, 6.45) is -2.30. The Kier molecular flexibility index (Phi) is 7.02. The van der Waals surface area contributed by atoms with Crippen molar-refractivity contribution in [1.29, 1.82) is 0 Å². The average Bonchev–Trinajstić information content (AvgIpc) is 3.24. The number of halogens is 3. The zero-order valence-corrected chi connectivity index (χ0v) is 15.9. The number of hydrogen-bond acceptors (Lipinski definition) is 5. The van der Waals surface area contributed by atoms with Crippen molar-refractivity contribution < 1.29 is 22.4 Å². The molecule has 3 N–H and O–H groups in total. The van der Waals surface area contributed by atoms with Crippen molar-refractivity contribution in [2.45, 2.75) is 19.4 Å². The zero-order valence-electron chi connectivity index (χ0n) is 15.9. The van der Waals surface area contributed by atoms with Gasteiger partial charge in [-0.25, -0.2) is 9.18 Å². The summed E-state index contributed by atoms with van der Waals surface area (Å²) in [6, 6.07) is 12.4. The topological polar surface area (TPSA) is 97.3 Å². The van der Waals surface area contributed by atoms with E-state index in [1.165, 1.54) is 17.0 Å². The molecule has 0 unspecified atom stereocenters. The number of urea groups is 1. The number of para-hydroxylation sites is 1. The van der Waals surface area contributed by atoms with E-state index < -0.39 is 24.2 Å². The van der Waals surface area contributed by atoms with Crippen molar-refractivity contribution in [3.05, 3.63) is 65.8 Å². The largest absolute Gasteiger partial charge is 0.415 e. The van der Waals surface area contributed by atoms with Crippen LogP contribution >= 0.6 is 0 Å². The summed E-state index contributed by atoms with van der Waals surface area (Å²) in [5.74, 6) is -1.69. The maximum absolute atomic E-state index is 14.7. The number of benzene rings is 2. The highest BCUT2D eigenvalue weighted by Gasteiger charge is 2.20. The molecule has 0 fully saturated rings. The number of alkyl halides is 2. The minimum Gasteiger partial charge on any atom is -0.415 e. The molecule has 0 bridgehead atoms. The van der Waals surface area contributed by atoms with Crippen LogP contribution in [0.4, 0.5) is 23.7 Å². The molecule has 158 valence electrons. The predicted molar refractivity (Wildman–Crippen MR) is 104 cm³/mol. The summed E-state index contributed by atoms with van der Waals surface area (Å²) in [6.45, 7) is 0.783. The van der Waals surface area contributed by atoms with Crippen molar-refractivity contribution in [3.8, 4) is 11.5 Å². The molecule has 30 heavy (non-hydrogen) atoms. The highest BCUT2D eigenvalue weighted by atomic mass is 19.3. The van der Waals surface area contributed by atoms with Gasteiger partial charge in [0.15, 0.2) is 0 Å². The van der Waals surface area contributed by atoms with Crippen LogP contribution in [0.1, 0.15) is 24.3 Å². The van der Waals surface area contributed by atoms with Gasteiger partial charge in [-0.2, -0.15) is 8.78 Å². The normalized spacial score (nSPS) is 11.0. The first-order chi connectivity index (χ1) is 14.5. The molecule has 3 aromatic rings. The first kappa shape index (κ1) is 21.3. The molecule has 7 nitrogen and oxygen atoms in total. The third-order valence-electron chi connectivity index (χ3n) is 4.23. The third-order valence-corrected chi connectivity index (χ3v) is 4.23. The van der Waals surface area contributed by atoms with Gasteiger partial charge in [-0.1, -0.05) is 24.3 Å². The number of nitrogens with one attached hydrogen (secondary N) is 1. The second kappa shape index (κ2) is 9.88. The maximum atomic E-state index is 14.7. The number of nitrogens with two attached hydrogens (primary N) is 1. The van der Waals surface area contributed by atoms with Gasteiger partial charge in [-0.15, -0.1) is 10.2 Å². The van der Waals surface area contributed by atoms with Gasteiger partial charge in [0.25, 0.3) is 5.89 Å². The fourth-order valence-electron chi connectivity index (χ4n) is 2.70. The van der Waals surface area contributed by atoms with Gasteiger partial charge in [0.1, 0.15) is 5.82 Å². The Bertz CT molecular complexity index is 982. The van der Waals surface area contributed by atoms with E-state index in [2.05, 4.69) is 15.5 Å². The molecule has 0 radical (unpaired) electrons. The van der Waals surface area contributed by atoms with E-state index in [1.807, 2.05) is 0 Å². The summed E-state index contributed by atoms with van der Waals surface area (Å²) in [5, 5.41) is 9.49. The van der Waals surface area contributed by atoms with Gasteiger partial charge < -0.3 is 15.5 Å². The van der Waals surface area contributed by atoms with Gasteiger partial charge >= 0.3 is 12.5 Å². The van der Waals surface area contributed by atoms with Crippen molar-refractivity contribution in [1.82, 2.24) is 15.5 Å². The SMILES string of the molecule is NCCCNC(=O)N(Cc1ccc(-c2nnc(C(F)F)o2)cc1F)c1ccccc1. The molecule has 1 aromatic heterocycles. The van der Waals surface area contributed by atoms with Crippen LogP contribution in [0.2, 0.25) is 0 Å². The number of rotatable bonds is 8. The average molecular weight is 419 g/mol. The first-order valence-electron chi connectivity index (χ1n) is 9.20. The standard InChI is InChI=1S/C20H20F3N5O2/c21-16-11-13(18-26-27-19(30-18)17(22)23)7-8-14(16)12-28(15-5-2-1-3-6-15)20(29)25-10-4-9-24/h1-3,5-8,11,17H,4,9-10,12,24H2,(H,25,29). The molecule has 0 atom stereocenters. The van der Waals surface area contributed by atoms with E-state index >= 15 is 0 Å². The highest BCUT2D eigenvalue weighted by molar-refractivity contribution is 5.91. The van der Waals surface area contributed by atoms with E-state index in [1.54, 1.807) is 30.3 Å². The summed E-state index contributed by atoms with van der Waals surface area (Å²) in [4.78, 5) is 14.0. The van der Waals surface area contributed by atoms with Crippen LogP contribution in [0.3, 0.4) is 0 Å². The van der Waals surface area contributed by atoms with E-state index in [9.17, 15) is 18.0 Å². The van der Waals surface area contributed by atoms with Gasteiger partial charge in [0.2, 0.25) is 5.89 Å².